The van der Waals surface area contributed by atoms with Gasteiger partial charge in [0.2, 0.25) is 5.91 Å². The maximum Gasteiger partial charge on any atom is 0.255 e. The molecule has 3 aromatic carbocycles. The maximum atomic E-state index is 13.4. The number of ether oxygens (including phenoxy) is 1. The highest BCUT2D eigenvalue weighted by molar-refractivity contribution is 6.01. The van der Waals surface area contributed by atoms with Crippen LogP contribution in [0, 0.1) is 6.92 Å². The molecule has 166 valence electrons. The summed E-state index contributed by atoms with van der Waals surface area (Å²) in [5.41, 5.74) is 5.52. The van der Waals surface area contributed by atoms with Crippen LogP contribution in [0.5, 0.6) is 5.75 Å². The van der Waals surface area contributed by atoms with Crippen LogP contribution in [0.25, 0.3) is 10.9 Å². The summed E-state index contributed by atoms with van der Waals surface area (Å²) < 4.78 is 5.16. The molecule has 0 saturated carbocycles. The Morgan fingerprint density at radius 2 is 1.76 bits per heavy atom. The second-order valence-electron chi connectivity index (χ2n) is 8.22. The van der Waals surface area contributed by atoms with Crippen LogP contribution in [0.3, 0.4) is 0 Å². The van der Waals surface area contributed by atoms with E-state index >= 15 is 0 Å². The third-order valence-electron chi connectivity index (χ3n) is 6.23. The van der Waals surface area contributed by atoms with Gasteiger partial charge in [-0.3, -0.25) is 9.59 Å². The quantitative estimate of drug-likeness (QED) is 0.441. The Hall–Kier alpha value is -4.06. The molecule has 6 heteroatoms. The van der Waals surface area contributed by atoms with Crippen molar-refractivity contribution >= 4 is 28.4 Å². The number of rotatable bonds is 6. The monoisotopic (exact) mass is 439 g/mol. The number of para-hydroxylation sites is 1. The summed E-state index contributed by atoms with van der Waals surface area (Å²) in [5.74, 6) is 0.543. The molecule has 0 spiro atoms. The first-order valence-corrected chi connectivity index (χ1v) is 11.0. The van der Waals surface area contributed by atoms with Crippen LogP contribution in [0.15, 0.2) is 72.8 Å². The number of aryl methyl sites for hydroxylation is 1. The first kappa shape index (κ1) is 20.8. The zero-order valence-electron chi connectivity index (χ0n) is 18.6. The fraction of sp³-hybridized carbons (Fsp3) is 0.185. The Kier molecular flexibility index (Phi) is 5.34. The number of fused-ring (bicyclic) bond motifs is 2. The molecular formula is C27H25N3O3. The average Bonchev–Trinajstić information content (AvgIpc) is 3.31. The van der Waals surface area contributed by atoms with E-state index in [1.807, 2.05) is 54.3 Å². The molecule has 0 aliphatic carbocycles. The molecule has 1 atom stereocenters. The number of nitrogens with zero attached hydrogens (tertiary/aromatic N) is 1. The largest absolute Gasteiger partial charge is 0.497 e. The van der Waals surface area contributed by atoms with Gasteiger partial charge in [0.05, 0.1) is 13.2 Å². The second kappa shape index (κ2) is 8.47. The molecule has 0 radical (unpaired) electrons. The Bertz CT molecular complexity index is 1340. The number of nitrogens with one attached hydrogen (secondary N) is 2. The fourth-order valence-electron chi connectivity index (χ4n) is 4.68. The van der Waals surface area contributed by atoms with Crippen LogP contribution in [-0.4, -0.2) is 35.4 Å². The van der Waals surface area contributed by atoms with Crippen molar-refractivity contribution < 1.29 is 14.3 Å². The standard InChI is InChI=1S/C27H25N3O3/c1-17-25(22-9-5-6-10-23(22)28-17)26-20-7-3-4-8-21(20)27(32)30(26)16-15-24(31)29-18-11-13-19(33-2)14-12-18/h3-14,26,28H,15-16H2,1-2H3,(H,29,31)/t26-/m0/s1. The van der Waals surface area contributed by atoms with Crippen LogP contribution < -0.4 is 10.1 Å². The lowest BCUT2D eigenvalue weighted by atomic mass is 9.95. The summed E-state index contributed by atoms with van der Waals surface area (Å²) in [6.45, 7) is 2.36. The molecule has 0 saturated heterocycles. The summed E-state index contributed by atoms with van der Waals surface area (Å²) in [7, 11) is 1.60. The van der Waals surface area contributed by atoms with E-state index in [-0.39, 0.29) is 24.3 Å². The van der Waals surface area contributed by atoms with Crippen molar-refractivity contribution in [2.24, 2.45) is 0 Å². The highest BCUT2D eigenvalue weighted by Gasteiger charge is 2.39. The number of benzene rings is 3. The van der Waals surface area contributed by atoms with Gasteiger partial charge in [0, 0.05) is 46.4 Å². The minimum atomic E-state index is -0.237. The number of aromatic amines is 1. The SMILES string of the molecule is COc1ccc(NC(=O)CCN2C(=O)c3ccccc3[C@H]2c2c(C)[nH]c3ccccc23)cc1. The van der Waals surface area contributed by atoms with Gasteiger partial charge >= 0.3 is 0 Å². The van der Waals surface area contributed by atoms with Crippen LogP contribution >= 0.6 is 0 Å². The molecule has 6 nitrogen and oxygen atoms in total. The lowest BCUT2D eigenvalue weighted by Crippen LogP contribution is -2.32. The van der Waals surface area contributed by atoms with Gasteiger partial charge in [-0.2, -0.15) is 0 Å². The fourth-order valence-corrected chi connectivity index (χ4v) is 4.68. The van der Waals surface area contributed by atoms with E-state index < -0.39 is 0 Å². The predicted molar refractivity (Wildman–Crippen MR) is 129 cm³/mol. The van der Waals surface area contributed by atoms with Crippen LogP contribution in [0.4, 0.5) is 5.69 Å². The lowest BCUT2D eigenvalue weighted by molar-refractivity contribution is -0.116. The van der Waals surface area contributed by atoms with Gasteiger partial charge in [-0.25, -0.2) is 0 Å². The van der Waals surface area contributed by atoms with E-state index in [1.54, 1.807) is 31.4 Å². The number of hydrogen-bond acceptors (Lipinski definition) is 3. The Morgan fingerprint density at radius 1 is 1.03 bits per heavy atom. The van der Waals surface area contributed by atoms with Gasteiger partial charge in [0.25, 0.3) is 5.91 Å². The van der Waals surface area contributed by atoms with E-state index in [1.165, 1.54) is 0 Å². The van der Waals surface area contributed by atoms with Crippen molar-refractivity contribution in [2.75, 3.05) is 19.0 Å². The van der Waals surface area contributed by atoms with Crippen LogP contribution in [0.2, 0.25) is 0 Å². The number of anilines is 1. The molecule has 2 amide bonds. The Morgan fingerprint density at radius 3 is 2.55 bits per heavy atom. The highest BCUT2D eigenvalue weighted by atomic mass is 16.5. The number of amides is 2. The zero-order chi connectivity index (χ0) is 22.9. The normalized spacial score (nSPS) is 15.0. The van der Waals surface area contributed by atoms with E-state index in [2.05, 4.69) is 16.4 Å². The summed E-state index contributed by atoms with van der Waals surface area (Å²) in [4.78, 5) is 31.3. The molecule has 2 N–H and O–H groups in total. The maximum absolute atomic E-state index is 13.4. The predicted octanol–water partition coefficient (Wildman–Crippen LogP) is 5.06. The number of carbonyl (C=O) groups excluding carboxylic acids is 2. The van der Waals surface area contributed by atoms with Gasteiger partial charge in [-0.15, -0.1) is 0 Å². The van der Waals surface area contributed by atoms with Gasteiger partial charge < -0.3 is 19.9 Å². The molecule has 5 rings (SSSR count). The van der Waals surface area contributed by atoms with Crippen LogP contribution in [0.1, 0.15) is 39.6 Å². The smallest absolute Gasteiger partial charge is 0.255 e. The number of carbonyl (C=O) groups is 2. The van der Waals surface area contributed by atoms with Crippen molar-refractivity contribution in [2.45, 2.75) is 19.4 Å². The highest BCUT2D eigenvalue weighted by Crippen LogP contribution is 2.42. The van der Waals surface area contributed by atoms with E-state index in [0.717, 1.165) is 33.5 Å². The second-order valence-corrected chi connectivity index (χ2v) is 8.22. The molecule has 1 aliphatic rings. The third kappa shape index (κ3) is 3.74. The topological polar surface area (TPSA) is 74.4 Å². The summed E-state index contributed by atoms with van der Waals surface area (Å²) in [6, 6.07) is 22.8. The minimum Gasteiger partial charge on any atom is -0.497 e. The van der Waals surface area contributed by atoms with Crippen molar-refractivity contribution in [3.05, 3.63) is 95.2 Å². The van der Waals surface area contributed by atoms with E-state index in [9.17, 15) is 9.59 Å². The Labute approximate surface area is 192 Å². The Balaban J connectivity index is 1.42. The molecule has 2 heterocycles. The first-order valence-electron chi connectivity index (χ1n) is 11.0. The lowest BCUT2D eigenvalue weighted by Gasteiger charge is -2.26. The van der Waals surface area contributed by atoms with Crippen LogP contribution in [-0.2, 0) is 4.79 Å². The molecule has 0 fully saturated rings. The van der Waals surface area contributed by atoms with Crippen molar-refractivity contribution in [3.63, 3.8) is 0 Å². The molecule has 0 bridgehead atoms. The van der Waals surface area contributed by atoms with Gasteiger partial charge in [0.15, 0.2) is 0 Å². The van der Waals surface area contributed by atoms with Gasteiger partial charge in [0.1, 0.15) is 5.75 Å². The molecule has 33 heavy (non-hydrogen) atoms. The zero-order valence-corrected chi connectivity index (χ0v) is 18.6. The molecular weight excluding hydrogens is 414 g/mol. The summed E-state index contributed by atoms with van der Waals surface area (Å²) >= 11 is 0. The third-order valence-corrected chi connectivity index (χ3v) is 6.23. The molecule has 4 aromatic rings. The van der Waals surface area contributed by atoms with Gasteiger partial charge in [-0.1, -0.05) is 36.4 Å². The first-order chi connectivity index (χ1) is 16.1. The number of H-pyrrole nitrogens is 1. The van der Waals surface area contributed by atoms with Crippen molar-refractivity contribution in [3.8, 4) is 5.75 Å². The molecule has 1 aromatic heterocycles. The molecule has 1 aliphatic heterocycles. The summed E-state index contributed by atoms with van der Waals surface area (Å²) in [5, 5.41) is 4.00. The number of aromatic nitrogens is 1. The van der Waals surface area contributed by atoms with Crippen molar-refractivity contribution in [1.82, 2.24) is 9.88 Å². The minimum absolute atomic E-state index is 0.0440. The van der Waals surface area contributed by atoms with E-state index in [4.69, 9.17) is 4.74 Å². The van der Waals surface area contributed by atoms with Gasteiger partial charge in [-0.05, 0) is 48.9 Å². The summed E-state index contributed by atoms with van der Waals surface area (Å²) in [6.07, 6.45) is 0.198. The van der Waals surface area contributed by atoms with Crippen molar-refractivity contribution in [1.29, 1.82) is 0 Å². The number of methoxy groups -OCH3 is 1. The van der Waals surface area contributed by atoms with E-state index in [0.29, 0.717) is 17.8 Å². The average molecular weight is 440 g/mol. The number of hydrogen-bond donors (Lipinski definition) is 2. The molecule has 0 unspecified atom stereocenters.